The molecule has 9 heteroatoms. The highest BCUT2D eigenvalue weighted by atomic mass is 16.7. The maximum atomic E-state index is 13.3. The van der Waals surface area contributed by atoms with E-state index < -0.39 is 11.9 Å². The van der Waals surface area contributed by atoms with Crippen LogP contribution in [-0.4, -0.2) is 70.6 Å². The first-order chi connectivity index (χ1) is 17.4. The Labute approximate surface area is 212 Å². The maximum Gasteiger partial charge on any atom is 0.308 e. The van der Waals surface area contributed by atoms with Crippen molar-refractivity contribution in [1.82, 2.24) is 14.5 Å². The molecule has 0 aliphatic carbocycles. The van der Waals surface area contributed by atoms with Gasteiger partial charge in [0.2, 0.25) is 6.79 Å². The Bertz CT molecular complexity index is 1050. The molecule has 2 aliphatic rings. The van der Waals surface area contributed by atoms with Crippen molar-refractivity contribution in [1.29, 1.82) is 0 Å². The van der Waals surface area contributed by atoms with E-state index in [0.29, 0.717) is 37.6 Å². The number of hydroxylamine groups is 2. The van der Waals surface area contributed by atoms with Gasteiger partial charge in [0.25, 0.3) is 5.91 Å². The van der Waals surface area contributed by atoms with E-state index >= 15 is 0 Å². The number of ether oxygens (including phenoxy) is 2. The van der Waals surface area contributed by atoms with E-state index in [2.05, 4.69) is 10.6 Å². The summed E-state index contributed by atoms with van der Waals surface area (Å²) in [5.41, 5.74) is 2.02. The summed E-state index contributed by atoms with van der Waals surface area (Å²) >= 11 is 0. The molecule has 2 aliphatic heterocycles. The van der Waals surface area contributed by atoms with Crippen molar-refractivity contribution in [3.05, 3.63) is 47.8 Å². The Kier molecular flexibility index (Phi) is 8.53. The second-order valence-electron chi connectivity index (χ2n) is 9.56. The third-order valence-electron chi connectivity index (χ3n) is 7.10. The molecule has 3 heterocycles. The number of hydrogen-bond acceptors (Lipinski definition) is 6. The Morgan fingerprint density at radius 3 is 2.67 bits per heavy atom. The minimum absolute atomic E-state index is 0.117. The molecule has 0 spiro atoms. The van der Waals surface area contributed by atoms with E-state index in [0.717, 1.165) is 30.5 Å². The number of carboxylic acids is 1. The number of rotatable bonds is 12. The number of hydrogen-bond donors (Lipinski definition) is 1. The van der Waals surface area contributed by atoms with Gasteiger partial charge < -0.3 is 19.1 Å². The number of carboxylic acid groups (broad SMARTS) is 1. The molecule has 3 atom stereocenters. The maximum absolute atomic E-state index is 13.3. The first-order valence-corrected chi connectivity index (χ1v) is 12.8. The SMILES string of the molecule is CCCON(CCC)C(=O)CN1CC(c2ccc3c(c2)OCO3)C(C(=O)O)C1CCc1cccn1C. The Morgan fingerprint density at radius 1 is 1.17 bits per heavy atom. The molecule has 36 heavy (non-hydrogen) atoms. The number of fused-ring (bicyclic) bond motifs is 1. The molecule has 1 aromatic heterocycles. The Balaban J connectivity index is 1.60. The topological polar surface area (TPSA) is 93.5 Å². The van der Waals surface area contributed by atoms with Gasteiger partial charge in [0.15, 0.2) is 11.5 Å². The van der Waals surface area contributed by atoms with Crippen LogP contribution in [0.1, 0.15) is 50.3 Å². The van der Waals surface area contributed by atoms with Crippen molar-refractivity contribution in [3.63, 3.8) is 0 Å². The Hall–Kier alpha value is -3.04. The average Bonchev–Trinajstić information content (AvgIpc) is 3.58. The van der Waals surface area contributed by atoms with Crippen LogP contribution >= 0.6 is 0 Å². The van der Waals surface area contributed by atoms with Gasteiger partial charge in [-0.15, -0.1) is 0 Å². The number of aromatic nitrogens is 1. The number of carbonyl (C=O) groups is 2. The lowest BCUT2D eigenvalue weighted by Gasteiger charge is -2.29. The molecular weight excluding hydrogens is 462 g/mol. The molecule has 196 valence electrons. The fourth-order valence-electron chi connectivity index (χ4n) is 5.30. The highest BCUT2D eigenvalue weighted by molar-refractivity contribution is 5.78. The molecule has 0 bridgehead atoms. The lowest BCUT2D eigenvalue weighted by atomic mass is 9.83. The van der Waals surface area contributed by atoms with Crippen molar-refractivity contribution < 1.29 is 29.0 Å². The van der Waals surface area contributed by atoms with Crippen LogP contribution in [0.2, 0.25) is 0 Å². The van der Waals surface area contributed by atoms with Crippen LogP contribution in [0.3, 0.4) is 0 Å². The molecule has 1 saturated heterocycles. The summed E-state index contributed by atoms with van der Waals surface area (Å²) in [5.74, 6) is -0.622. The quantitative estimate of drug-likeness (QED) is 0.447. The monoisotopic (exact) mass is 499 g/mol. The minimum atomic E-state index is -0.850. The molecule has 3 unspecified atom stereocenters. The van der Waals surface area contributed by atoms with E-state index in [-0.39, 0.29) is 31.2 Å². The zero-order chi connectivity index (χ0) is 25.7. The summed E-state index contributed by atoms with van der Waals surface area (Å²) in [6, 6.07) is 9.38. The normalized spacial score (nSPS) is 21.1. The predicted molar refractivity (Wildman–Crippen MR) is 134 cm³/mol. The van der Waals surface area contributed by atoms with Gasteiger partial charge in [-0.1, -0.05) is 19.9 Å². The Morgan fingerprint density at radius 2 is 1.97 bits per heavy atom. The molecule has 1 fully saturated rings. The average molecular weight is 500 g/mol. The number of amides is 1. The third-order valence-corrected chi connectivity index (χ3v) is 7.10. The first kappa shape index (κ1) is 26.0. The van der Waals surface area contributed by atoms with Gasteiger partial charge in [-0.05, 0) is 55.5 Å². The van der Waals surface area contributed by atoms with Crippen molar-refractivity contribution in [2.24, 2.45) is 13.0 Å². The zero-order valence-corrected chi connectivity index (χ0v) is 21.4. The summed E-state index contributed by atoms with van der Waals surface area (Å²) in [7, 11) is 1.99. The molecule has 1 aromatic carbocycles. The number of benzene rings is 1. The predicted octanol–water partition coefficient (Wildman–Crippen LogP) is 3.44. The molecule has 1 N–H and O–H groups in total. The van der Waals surface area contributed by atoms with Crippen LogP contribution in [0.15, 0.2) is 36.5 Å². The van der Waals surface area contributed by atoms with Gasteiger partial charge in [-0.25, -0.2) is 5.06 Å². The molecule has 0 radical (unpaired) electrons. The van der Waals surface area contributed by atoms with Gasteiger partial charge in [-0.2, -0.15) is 0 Å². The van der Waals surface area contributed by atoms with E-state index in [1.807, 2.05) is 56.3 Å². The number of aryl methyl sites for hydroxylation is 2. The van der Waals surface area contributed by atoms with Crippen molar-refractivity contribution in [2.45, 2.75) is 51.5 Å². The van der Waals surface area contributed by atoms with Gasteiger partial charge in [0.05, 0.1) is 19.1 Å². The van der Waals surface area contributed by atoms with E-state index in [1.165, 1.54) is 5.06 Å². The van der Waals surface area contributed by atoms with E-state index in [1.54, 1.807) is 0 Å². The van der Waals surface area contributed by atoms with Gasteiger partial charge >= 0.3 is 5.97 Å². The standard InChI is InChI=1S/C27H37N3O6/c1-4-12-30(36-14-5-2)25(31)17-29-16-21(19-8-11-23-24(15-19)35-18-34-23)26(27(32)33)22(29)10-9-20-7-6-13-28(20)3/h6-8,11,13,15,21-22,26H,4-5,9-10,12,14,16-18H2,1-3H3,(H,32,33). The van der Waals surface area contributed by atoms with Crippen LogP contribution in [0.25, 0.3) is 0 Å². The highest BCUT2D eigenvalue weighted by Gasteiger charge is 2.47. The molecule has 0 saturated carbocycles. The lowest BCUT2D eigenvalue weighted by Crippen LogP contribution is -2.44. The van der Waals surface area contributed by atoms with E-state index in [4.69, 9.17) is 14.3 Å². The molecule has 4 rings (SSSR count). The smallest absolute Gasteiger partial charge is 0.308 e. The van der Waals surface area contributed by atoms with Gasteiger partial charge in [0.1, 0.15) is 0 Å². The van der Waals surface area contributed by atoms with Gasteiger partial charge in [0, 0.05) is 44.0 Å². The van der Waals surface area contributed by atoms with E-state index in [9.17, 15) is 14.7 Å². The van der Waals surface area contributed by atoms with Crippen LogP contribution in [-0.2, 0) is 27.9 Å². The molecule has 1 amide bonds. The summed E-state index contributed by atoms with van der Waals surface area (Å²) in [4.78, 5) is 33.7. The third kappa shape index (κ3) is 5.68. The molecular formula is C27H37N3O6. The summed E-state index contributed by atoms with van der Waals surface area (Å²) in [5, 5.41) is 11.8. The fourth-order valence-corrected chi connectivity index (χ4v) is 5.30. The van der Waals surface area contributed by atoms with Crippen LogP contribution < -0.4 is 9.47 Å². The van der Waals surface area contributed by atoms with Crippen LogP contribution in [0.5, 0.6) is 11.5 Å². The van der Waals surface area contributed by atoms with Crippen molar-refractivity contribution in [2.75, 3.05) is 33.0 Å². The van der Waals surface area contributed by atoms with Crippen LogP contribution in [0.4, 0.5) is 0 Å². The zero-order valence-electron chi connectivity index (χ0n) is 21.4. The largest absolute Gasteiger partial charge is 0.481 e. The summed E-state index contributed by atoms with van der Waals surface area (Å²) in [6.07, 6.45) is 4.94. The van der Waals surface area contributed by atoms with Crippen LogP contribution in [0, 0.1) is 5.92 Å². The van der Waals surface area contributed by atoms with Crippen molar-refractivity contribution in [3.8, 4) is 11.5 Å². The highest BCUT2D eigenvalue weighted by Crippen LogP contribution is 2.43. The number of likely N-dealkylation sites (tertiary alicyclic amines) is 1. The minimum Gasteiger partial charge on any atom is -0.481 e. The molecule has 9 nitrogen and oxygen atoms in total. The lowest BCUT2D eigenvalue weighted by molar-refractivity contribution is -0.188. The second-order valence-corrected chi connectivity index (χ2v) is 9.56. The fraction of sp³-hybridized carbons (Fsp3) is 0.556. The second kappa shape index (κ2) is 11.8. The number of carbonyl (C=O) groups excluding carboxylic acids is 1. The number of aliphatic carboxylic acids is 1. The first-order valence-electron chi connectivity index (χ1n) is 12.8. The summed E-state index contributed by atoms with van der Waals surface area (Å²) in [6.45, 7) is 5.73. The van der Waals surface area contributed by atoms with Crippen molar-refractivity contribution >= 4 is 11.9 Å². The number of nitrogens with zero attached hydrogens (tertiary/aromatic N) is 3. The van der Waals surface area contributed by atoms with Gasteiger partial charge in [-0.3, -0.25) is 19.3 Å². The summed E-state index contributed by atoms with van der Waals surface area (Å²) < 4.78 is 13.0. The molecule has 2 aromatic rings.